The number of hydrogen-bond acceptors (Lipinski definition) is 6. The van der Waals surface area contributed by atoms with Gasteiger partial charge in [-0.3, -0.25) is 4.79 Å². The van der Waals surface area contributed by atoms with Crippen LogP contribution in [0, 0.1) is 0 Å². The van der Waals surface area contributed by atoms with Gasteiger partial charge in [-0.1, -0.05) is 12.7 Å². The molecule has 0 radical (unpaired) electrons. The smallest absolute Gasteiger partial charge is 0.271 e. The molecule has 0 bridgehead atoms. The van der Waals surface area contributed by atoms with E-state index >= 15 is 0 Å². The molecule has 0 atom stereocenters. The van der Waals surface area contributed by atoms with Gasteiger partial charge in [0.05, 0.1) is 30.5 Å². The number of amides is 1. The van der Waals surface area contributed by atoms with E-state index in [2.05, 4.69) is 33.0 Å². The molecule has 7 nitrogen and oxygen atoms in total. The standard InChI is InChI=1S/C23H27BrN2O5/c1-5-11-31-19-10-9-17(14-20(19)28-6-2)23(27)26-25-15-16-12-18(24)22(30-8-4)21(13-16)29-7-3/h5,9-10,12-15H,1,6-8,11H2,2-4H3,(H,26,27)/b25-15+. The topological polar surface area (TPSA) is 78.4 Å². The Morgan fingerprint density at radius 1 is 1.00 bits per heavy atom. The van der Waals surface area contributed by atoms with Crippen LogP contribution in [0.5, 0.6) is 23.0 Å². The number of ether oxygens (including phenoxy) is 4. The fourth-order valence-corrected chi connectivity index (χ4v) is 3.20. The molecule has 31 heavy (non-hydrogen) atoms. The van der Waals surface area contributed by atoms with Crippen LogP contribution in [0.25, 0.3) is 0 Å². The van der Waals surface area contributed by atoms with Crippen LogP contribution in [0.2, 0.25) is 0 Å². The lowest BCUT2D eigenvalue weighted by atomic mass is 10.2. The predicted octanol–water partition coefficient (Wildman–Crippen LogP) is 4.97. The van der Waals surface area contributed by atoms with Crippen LogP contribution in [0.15, 0.2) is 52.6 Å². The summed E-state index contributed by atoms with van der Waals surface area (Å²) in [7, 11) is 0. The molecular weight excluding hydrogens is 464 g/mol. The average Bonchev–Trinajstić information content (AvgIpc) is 2.75. The Labute approximate surface area is 191 Å². The molecule has 0 unspecified atom stereocenters. The van der Waals surface area contributed by atoms with Crippen molar-refractivity contribution >= 4 is 28.1 Å². The fourth-order valence-electron chi connectivity index (χ4n) is 2.63. The zero-order valence-electron chi connectivity index (χ0n) is 17.9. The zero-order chi connectivity index (χ0) is 22.6. The maximum atomic E-state index is 12.5. The second-order valence-corrected chi connectivity index (χ2v) is 6.94. The SMILES string of the molecule is C=CCOc1ccc(C(=O)N/N=C/c2cc(Br)c(OCC)c(OCC)c2)cc1OCC. The molecule has 2 aromatic carbocycles. The Morgan fingerprint density at radius 2 is 1.71 bits per heavy atom. The van der Waals surface area contributed by atoms with Gasteiger partial charge < -0.3 is 18.9 Å². The van der Waals surface area contributed by atoms with Gasteiger partial charge in [-0.2, -0.15) is 5.10 Å². The lowest BCUT2D eigenvalue weighted by molar-refractivity contribution is 0.0954. The van der Waals surface area contributed by atoms with Crippen molar-refractivity contribution in [2.45, 2.75) is 20.8 Å². The molecule has 166 valence electrons. The maximum absolute atomic E-state index is 12.5. The molecular formula is C23H27BrN2O5. The summed E-state index contributed by atoms with van der Waals surface area (Å²) < 4.78 is 23.1. The van der Waals surface area contributed by atoms with Crippen LogP contribution < -0.4 is 24.4 Å². The molecule has 0 saturated heterocycles. The van der Waals surface area contributed by atoms with E-state index in [9.17, 15) is 4.79 Å². The van der Waals surface area contributed by atoms with Crippen molar-refractivity contribution in [3.05, 3.63) is 58.6 Å². The summed E-state index contributed by atoms with van der Waals surface area (Å²) in [5, 5.41) is 4.06. The first-order valence-corrected chi connectivity index (χ1v) is 10.8. The minimum atomic E-state index is -0.373. The van der Waals surface area contributed by atoms with Gasteiger partial charge in [0, 0.05) is 5.56 Å². The lowest BCUT2D eigenvalue weighted by Gasteiger charge is -2.13. The molecule has 0 aliphatic heterocycles. The third kappa shape index (κ3) is 7.03. The van der Waals surface area contributed by atoms with Gasteiger partial charge in [0.1, 0.15) is 6.61 Å². The van der Waals surface area contributed by atoms with Gasteiger partial charge in [-0.15, -0.1) is 0 Å². The Kier molecular flexibility index (Phi) is 9.90. The van der Waals surface area contributed by atoms with E-state index in [1.807, 2.05) is 26.8 Å². The number of hydrazone groups is 1. The van der Waals surface area contributed by atoms with E-state index < -0.39 is 0 Å². The van der Waals surface area contributed by atoms with E-state index in [4.69, 9.17) is 18.9 Å². The summed E-state index contributed by atoms with van der Waals surface area (Å²) >= 11 is 3.49. The van der Waals surface area contributed by atoms with Gasteiger partial charge >= 0.3 is 0 Å². The summed E-state index contributed by atoms with van der Waals surface area (Å²) in [6.45, 7) is 11.1. The first-order valence-electron chi connectivity index (χ1n) is 9.97. The highest BCUT2D eigenvalue weighted by molar-refractivity contribution is 9.10. The molecule has 8 heteroatoms. The summed E-state index contributed by atoms with van der Waals surface area (Å²) in [5.41, 5.74) is 3.66. The number of nitrogens with zero attached hydrogens (tertiary/aromatic N) is 1. The maximum Gasteiger partial charge on any atom is 0.271 e. The van der Waals surface area contributed by atoms with Crippen molar-refractivity contribution in [1.29, 1.82) is 0 Å². The molecule has 2 aromatic rings. The molecule has 0 saturated carbocycles. The van der Waals surface area contributed by atoms with Crippen LogP contribution in [-0.4, -0.2) is 38.5 Å². The Hall–Kier alpha value is -3.00. The highest BCUT2D eigenvalue weighted by Gasteiger charge is 2.13. The normalized spacial score (nSPS) is 10.6. The minimum absolute atomic E-state index is 0.345. The highest BCUT2D eigenvalue weighted by Crippen LogP contribution is 2.36. The summed E-state index contributed by atoms with van der Waals surface area (Å²) in [6.07, 6.45) is 3.17. The largest absolute Gasteiger partial charge is 0.490 e. The molecule has 1 N–H and O–H groups in total. The third-order valence-corrected chi connectivity index (χ3v) is 4.45. The number of carbonyl (C=O) groups is 1. The van der Waals surface area contributed by atoms with Crippen molar-refractivity contribution in [3.8, 4) is 23.0 Å². The Bertz CT molecular complexity index is 930. The Morgan fingerprint density at radius 3 is 2.39 bits per heavy atom. The monoisotopic (exact) mass is 490 g/mol. The number of halogens is 1. The zero-order valence-corrected chi connectivity index (χ0v) is 19.5. The first-order chi connectivity index (χ1) is 15.0. The molecule has 0 aromatic heterocycles. The van der Waals surface area contributed by atoms with E-state index in [-0.39, 0.29) is 5.91 Å². The van der Waals surface area contributed by atoms with Gasteiger partial charge in [-0.25, -0.2) is 5.43 Å². The number of nitrogens with one attached hydrogen (secondary N) is 1. The van der Waals surface area contributed by atoms with Gasteiger partial charge in [0.25, 0.3) is 5.91 Å². The van der Waals surface area contributed by atoms with E-state index in [0.29, 0.717) is 55.0 Å². The fraction of sp³-hybridized carbons (Fsp3) is 0.304. The second-order valence-electron chi connectivity index (χ2n) is 6.09. The lowest BCUT2D eigenvalue weighted by Crippen LogP contribution is -2.17. The van der Waals surface area contributed by atoms with Crippen molar-refractivity contribution in [2.24, 2.45) is 5.10 Å². The van der Waals surface area contributed by atoms with Crippen molar-refractivity contribution < 1.29 is 23.7 Å². The molecule has 2 rings (SSSR count). The van der Waals surface area contributed by atoms with Crippen LogP contribution in [-0.2, 0) is 0 Å². The third-order valence-electron chi connectivity index (χ3n) is 3.86. The number of benzene rings is 2. The van der Waals surface area contributed by atoms with Crippen LogP contribution >= 0.6 is 15.9 Å². The average molecular weight is 491 g/mol. The molecule has 0 aliphatic carbocycles. The van der Waals surface area contributed by atoms with Gasteiger partial charge in [-0.05, 0) is 72.6 Å². The van der Waals surface area contributed by atoms with Crippen molar-refractivity contribution in [2.75, 3.05) is 26.4 Å². The quantitative estimate of drug-likeness (QED) is 0.258. The summed E-state index contributed by atoms with van der Waals surface area (Å²) in [5.74, 6) is 1.89. The van der Waals surface area contributed by atoms with Crippen LogP contribution in [0.3, 0.4) is 0 Å². The minimum Gasteiger partial charge on any atom is -0.490 e. The van der Waals surface area contributed by atoms with Crippen molar-refractivity contribution in [3.63, 3.8) is 0 Å². The van der Waals surface area contributed by atoms with E-state index in [0.717, 1.165) is 10.0 Å². The molecule has 0 spiro atoms. The van der Waals surface area contributed by atoms with Crippen molar-refractivity contribution in [1.82, 2.24) is 5.43 Å². The highest BCUT2D eigenvalue weighted by atomic mass is 79.9. The number of rotatable bonds is 12. The Balaban J connectivity index is 2.14. The molecule has 1 amide bonds. The summed E-state index contributed by atoms with van der Waals surface area (Å²) in [6, 6.07) is 8.58. The van der Waals surface area contributed by atoms with Crippen LogP contribution in [0.4, 0.5) is 0 Å². The molecule has 0 aliphatic rings. The molecule has 0 heterocycles. The predicted molar refractivity (Wildman–Crippen MR) is 125 cm³/mol. The van der Waals surface area contributed by atoms with Gasteiger partial charge in [0.2, 0.25) is 0 Å². The number of hydrogen-bond donors (Lipinski definition) is 1. The summed E-state index contributed by atoms with van der Waals surface area (Å²) in [4.78, 5) is 12.5. The second kappa shape index (κ2) is 12.6. The number of carbonyl (C=O) groups excluding carboxylic acids is 1. The van der Waals surface area contributed by atoms with Crippen LogP contribution in [0.1, 0.15) is 36.7 Å². The molecule has 0 fully saturated rings. The van der Waals surface area contributed by atoms with E-state index in [1.54, 1.807) is 30.3 Å². The van der Waals surface area contributed by atoms with E-state index in [1.165, 1.54) is 6.21 Å². The van der Waals surface area contributed by atoms with Gasteiger partial charge in [0.15, 0.2) is 23.0 Å². The first kappa shape index (κ1) is 24.3.